The molecular formula is C16H24O8S2. The molecule has 3 atom stereocenters. The minimum Gasteiger partial charge on any atom is -0.462 e. The summed E-state index contributed by atoms with van der Waals surface area (Å²) in [7, 11) is 0. The molecule has 0 saturated carbocycles. The van der Waals surface area contributed by atoms with Crippen molar-refractivity contribution in [1.82, 2.24) is 0 Å². The molecule has 0 radical (unpaired) electrons. The van der Waals surface area contributed by atoms with Gasteiger partial charge in [0.25, 0.3) is 0 Å². The summed E-state index contributed by atoms with van der Waals surface area (Å²) in [6, 6.07) is 0. The second-order valence-electron chi connectivity index (χ2n) is 5.58. The van der Waals surface area contributed by atoms with E-state index in [-0.39, 0.29) is 11.2 Å². The van der Waals surface area contributed by atoms with E-state index >= 15 is 0 Å². The van der Waals surface area contributed by atoms with Gasteiger partial charge in [-0.3, -0.25) is 19.2 Å². The maximum atomic E-state index is 11.6. The Morgan fingerprint density at radius 3 is 1.77 bits per heavy atom. The van der Waals surface area contributed by atoms with Gasteiger partial charge in [-0.1, -0.05) is 0 Å². The van der Waals surface area contributed by atoms with Gasteiger partial charge in [-0.05, 0) is 0 Å². The molecule has 0 aromatic rings. The minimum absolute atomic E-state index is 0.157. The van der Waals surface area contributed by atoms with Gasteiger partial charge in [-0.25, -0.2) is 0 Å². The number of carbonyl (C=O) groups excluding carboxylic acids is 4. The zero-order chi connectivity index (χ0) is 19.7. The molecule has 0 amide bonds. The number of esters is 4. The van der Waals surface area contributed by atoms with E-state index < -0.39 is 42.2 Å². The van der Waals surface area contributed by atoms with Crippen LogP contribution in [0.1, 0.15) is 34.1 Å². The second-order valence-corrected chi connectivity index (χ2v) is 8.50. The Balaban J connectivity index is 3.05. The predicted molar refractivity (Wildman–Crippen MR) is 96.6 cm³/mol. The van der Waals surface area contributed by atoms with Crippen molar-refractivity contribution >= 4 is 47.4 Å². The lowest BCUT2D eigenvalue weighted by molar-refractivity contribution is -0.189. The third kappa shape index (κ3) is 8.79. The summed E-state index contributed by atoms with van der Waals surface area (Å²) < 4.78 is 21.0. The molecule has 1 rings (SSSR count). The molecule has 0 bridgehead atoms. The van der Waals surface area contributed by atoms with Gasteiger partial charge >= 0.3 is 23.9 Å². The highest BCUT2D eigenvalue weighted by Gasteiger charge is 2.39. The number of hydrogen-bond acceptors (Lipinski definition) is 10. The van der Waals surface area contributed by atoms with E-state index in [9.17, 15) is 19.2 Å². The van der Waals surface area contributed by atoms with Crippen LogP contribution in [0.15, 0.2) is 0 Å². The van der Waals surface area contributed by atoms with Crippen LogP contribution in [0.2, 0.25) is 0 Å². The molecule has 1 heterocycles. The summed E-state index contributed by atoms with van der Waals surface area (Å²) >= 11 is 3.43. The lowest BCUT2D eigenvalue weighted by Crippen LogP contribution is -2.48. The molecule has 26 heavy (non-hydrogen) atoms. The van der Waals surface area contributed by atoms with Crippen LogP contribution in [-0.4, -0.2) is 64.9 Å². The van der Waals surface area contributed by atoms with Gasteiger partial charge < -0.3 is 18.9 Å². The topological polar surface area (TPSA) is 105 Å². The largest absolute Gasteiger partial charge is 0.462 e. The third-order valence-electron chi connectivity index (χ3n) is 3.24. The smallest absolute Gasteiger partial charge is 0.303 e. The van der Waals surface area contributed by atoms with Crippen LogP contribution in [-0.2, 0) is 38.1 Å². The lowest BCUT2D eigenvalue weighted by atomic mass is 10.1. The highest BCUT2D eigenvalue weighted by molar-refractivity contribution is 8.20. The van der Waals surface area contributed by atoms with Crippen LogP contribution in [0.4, 0.5) is 0 Å². The van der Waals surface area contributed by atoms with Crippen LogP contribution in [0.5, 0.6) is 0 Å². The molecular weight excluding hydrogens is 384 g/mol. The first-order valence-corrected chi connectivity index (χ1v) is 10.2. The Kier molecular flexibility index (Phi) is 9.85. The van der Waals surface area contributed by atoms with Gasteiger partial charge in [0.2, 0.25) is 0 Å². The number of thioether (sulfide) groups is 2. The van der Waals surface area contributed by atoms with Crippen LogP contribution in [0.3, 0.4) is 0 Å². The molecule has 0 spiro atoms. The number of carbonyl (C=O) groups is 4. The molecule has 10 heteroatoms. The highest BCUT2D eigenvalue weighted by Crippen LogP contribution is 2.36. The van der Waals surface area contributed by atoms with E-state index in [1.54, 1.807) is 23.5 Å². The van der Waals surface area contributed by atoms with Crippen molar-refractivity contribution in [2.75, 3.05) is 18.1 Å². The van der Waals surface area contributed by atoms with E-state index in [0.717, 1.165) is 11.5 Å². The summed E-state index contributed by atoms with van der Waals surface area (Å²) in [4.78, 5) is 45.8. The minimum atomic E-state index is -1.08. The predicted octanol–water partition coefficient (Wildman–Crippen LogP) is 1.54. The first-order chi connectivity index (χ1) is 12.2. The molecule has 1 aliphatic rings. The van der Waals surface area contributed by atoms with Gasteiger partial charge in [-0.15, -0.1) is 23.5 Å². The maximum absolute atomic E-state index is 11.6. The fourth-order valence-corrected chi connectivity index (χ4v) is 5.30. The van der Waals surface area contributed by atoms with Crippen LogP contribution in [0, 0.1) is 0 Å². The zero-order valence-electron chi connectivity index (χ0n) is 15.2. The monoisotopic (exact) mass is 408 g/mol. The molecule has 0 aromatic heterocycles. The van der Waals surface area contributed by atoms with Gasteiger partial charge in [0.05, 0.1) is 4.58 Å². The summed E-state index contributed by atoms with van der Waals surface area (Å²) in [5.41, 5.74) is 0. The second kappa shape index (κ2) is 11.3. The van der Waals surface area contributed by atoms with Gasteiger partial charge in [0, 0.05) is 45.6 Å². The average molecular weight is 408 g/mol. The molecule has 0 N–H and O–H groups in total. The Morgan fingerprint density at radius 2 is 1.31 bits per heavy atom. The Hall–Kier alpha value is -1.42. The van der Waals surface area contributed by atoms with E-state index in [0.29, 0.717) is 6.42 Å². The molecule has 1 aliphatic heterocycles. The number of ether oxygens (including phenoxy) is 4. The fraction of sp³-hybridized carbons (Fsp3) is 0.750. The third-order valence-corrected chi connectivity index (χ3v) is 6.32. The van der Waals surface area contributed by atoms with Crippen LogP contribution >= 0.6 is 23.5 Å². The highest BCUT2D eigenvalue weighted by atomic mass is 32.2. The maximum Gasteiger partial charge on any atom is 0.303 e. The summed E-state index contributed by atoms with van der Waals surface area (Å²) in [5.74, 6) is -0.434. The molecule has 1 saturated heterocycles. The number of rotatable bonds is 9. The van der Waals surface area contributed by atoms with Crippen molar-refractivity contribution in [3.05, 3.63) is 0 Å². The average Bonchev–Trinajstić information content (AvgIpc) is 3.00. The molecule has 8 nitrogen and oxygen atoms in total. The number of hydrogen-bond donors (Lipinski definition) is 0. The van der Waals surface area contributed by atoms with Crippen molar-refractivity contribution in [1.29, 1.82) is 0 Å². The molecule has 148 valence electrons. The summed E-state index contributed by atoms with van der Waals surface area (Å²) in [5, 5.41) is 0. The quantitative estimate of drug-likeness (QED) is 0.412. The standard InChI is InChI=1S/C16H24O8S2/c1-9(17)21-8-14(23-11(3)19)16(24-12(4)20)13(22-10(2)18)7-15-25-5-6-26-15/h13-16H,5-8H2,1-4H3/t13-,14-,16+/m1/s1. The van der Waals surface area contributed by atoms with E-state index in [4.69, 9.17) is 18.9 Å². The van der Waals surface area contributed by atoms with Crippen LogP contribution in [0.25, 0.3) is 0 Å². The Labute approximate surface area is 161 Å². The molecule has 1 fully saturated rings. The Bertz CT molecular complexity index is 518. The summed E-state index contributed by atoms with van der Waals surface area (Å²) in [6.07, 6.45) is -2.59. The van der Waals surface area contributed by atoms with Gasteiger partial charge in [-0.2, -0.15) is 0 Å². The normalized spacial score (nSPS) is 17.7. The van der Waals surface area contributed by atoms with E-state index in [2.05, 4.69) is 0 Å². The lowest BCUT2D eigenvalue weighted by Gasteiger charge is -2.32. The van der Waals surface area contributed by atoms with Crippen molar-refractivity contribution in [2.45, 2.75) is 57.0 Å². The zero-order valence-corrected chi connectivity index (χ0v) is 16.9. The fourth-order valence-electron chi connectivity index (χ4n) is 2.39. The van der Waals surface area contributed by atoms with Crippen molar-refractivity contribution in [3.8, 4) is 0 Å². The van der Waals surface area contributed by atoms with Crippen molar-refractivity contribution in [2.24, 2.45) is 0 Å². The molecule has 0 aromatic carbocycles. The van der Waals surface area contributed by atoms with Crippen molar-refractivity contribution in [3.63, 3.8) is 0 Å². The van der Waals surface area contributed by atoms with E-state index in [1.807, 2.05) is 0 Å². The summed E-state index contributed by atoms with van der Waals surface area (Å²) in [6.45, 7) is 4.54. The Morgan fingerprint density at radius 1 is 0.808 bits per heavy atom. The molecule has 0 unspecified atom stereocenters. The van der Waals surface area contributed by atoms with E-state index in [1.165, 1.54) is 27.7 Å². The van der Waals surface area contributed by atoms with Gasteiger partial charge in [0.15, 0.2) is 12.2 Å². The van der Waals surface area contributed by atoms with Crippen molar-refractivity contribution < 1.29 is 38.1 Å². The SMILES string of the molecule is CC(=O)OC[C@@H](OC(C)=O)[C@@H](OC(C)=O)[C@@H](CC1SCCS1)OC(C)=O. The molecule has 0 aliphatic carbocycles. The van der Waals surface area contributed by atoms with Gasteiger partial charge in [0.1, 0.15) is 12.7 Å². The first-order valence-electron chi connectivity index (χ1n) is 8.07. The van der Waals surface area contributed by atoms with Crippen LogP contribution < -0.4 is 0 Å². The first kappa shape index (κ1) is 22.6.